The van der Waals surface area contributed by atoms with Gasteiger partial charge < -0.3 is 20.5 Å². The second-order valence-corrected chi connectivity index (χ2v) is 9.23. The largest absolute Gasteiger partial charge is 0.493 e. The Morgan fingerprint density at radius 2 is 1.78 bits per heavy atom. The first-order valence-corrected chi connectivity index (χ1v) is 14.1. The molecule has 0 radical (unpaired) electrons. The minimum atomic E-state index is 0.364. The van der Waals surface area contributed by atoms with Crippen molar-refractivity contribution in [2.75, 3.05) is 33.9 Å². The summed E-state index contributed by atoms with van der Waals surface area (Å²) >= 11 is 1.79. The smallest absolute Gasteiger partial charge is 0.120 e. The first kappa shape index (κ1) is 33.8. The molecule has 1 unspecified atom stereocenters. The molecule has 3 N–H and O–H groups in total. The summed E-state index contributed by atoms with van der Waals surface area (Å²) in [5.41, 5.74) is 4.73. The number of ether oxygens (including phenoxy) is 1. The molecule has 0 bridgehead atoms. The molecule has 0 aromatic heterocycles. The quantitative estimate of drug-likeness (QED) is 0.277. The van der Waals surface area contributed by atoms with Gasteiger partial charge in [-0.05, 0) is 58.6 Å². The van der Waals surface area contributed by atoms with Gasteiger partial charge in [-0.15, -0.1) is 0 Å². The third kappa shape index (κ3) is 11.2. The van der Waals surface area contributed by atoms with Gasteiger partial charge in [-0.25, -0.2) is 0 Å². The summed E-state index contributed by atoms with van der Waals surface area (Å²) in [4.78, 5) is 2.44. The molecule has 0 aliphatic carbocycles. The highest BCUT2D eigenvalue weighted by atomic mass is 32.2. The molecule has 4 nitrogen and oxygen atoms in total. The van der Waals surface area contributed by atoms with Gasteiger partial charge in [0.15, 0.2) is 0 Å². The molecule has 36 heavy (non-hydrogen) atoms. The molecular formula is C31H50N2O2S. The van der Waals surface area contributed by atoms with Crippen molar-refractivity contribution in [3.8, 4) is 5.75 Å². The van der Waals surface area contributed by atoms with E-state index in [9.17, 15) is 0 Å². The van der Waals surface area contributed by atoms with E-state index in [0.29, 0.717) is 11.8 Å². The number of aliphatic hydroxyl groups excluding tert-OH is 1. The lowest BCUT2D eigenvalue weighted by Crippen LogP contribution is -2.45. The Balaban J connectivity index is 0.00000190. The molecule has 1 atom stereocenters. The second-order valence-electron chi connectivity index (χ2n) is 8.06. The van der Waals surface area contributed by atoms with Gasteiger partial charge in [-0.2, -0.15) is 0 Å². The zero-order chi connectivity index (χ0) is 27.5. The standard InChI is InChI=1S/C26H34N2OS.2C2H6.CH4O/c1-6-23-10-11-25(29-17-22-15-28-16-22)14-26(23)30-20(4)18(2)12-21-8-7-9-24(13-21)19(3)27-5;3*1-2/h7-11,13-14,18,22,27-28H,3-4,6,12,15-17H2,1-2,5H3;2*1-2H3;2H,1H3. The van der Waals surface area contributed by atoms with E-state index in [-0.39, 0.29) is 0 Å². The molecule has 0 amide bonds. The van der Waals surface area contributed by atoms with Crippen LogP contribution >= 0.6 is 11.8 Å². The van der Waals surface area contributed by atoms with E-state index in [4.69, 9.17) is 9.84 Å². The van der Waals surface area contributed by atoms with Crippen molar-refractivity contribution in [1.82, 2.24) is 10.6 Å². The third-order valence-electron chi connectivity index (χ3n) is 5.68. The molecule has 5 heteroatoms. The van der Waals surface area contributed by atoms with Crippen LogP contribution in [0.2, 0.25) is 0 Å². The van der Waals surface area contributed by atoms with Crippen molar-refractivity contribution in [3.05, 3.63) is 77.2 Å². The van der Waals surface area contributed by atoms with Crippen molar-refractivity contribution in [2.45, 2.75) is 59.3 Å². The van der Waals surface area contributed by atoms with Crippen LogP contribution in [-0.4, -0.2) is 39.0 Å². The first-order valence-electron chi connectivity index (χ1n) is 13.2. The Morgan fingerprint density at radius 1 is 1.11 bits per heavy atom. The second kappa shape index (κ2) is 19.9. The summed E-state index contributed by atoms with van der Waals surface area (Å²) in [5.74, 6) is 1.96. The fourth-order valence-corrected chi connectivity index (χ4v) is 4.52. The maximum absolute atomic E-state index is 7.00. The van der Waals surface area contributed by atoms with E-state index in [0.717, 1.165) is 56.7 Å². The van der Waals surface area contributed by atoms with Crippen LogP contribution in [-0.2, 0) is 12.8 Å². The Bertz CT molecular complexity index is 894. The molecule has 1 fully saturated rings. The van der Waals surface area contributed by atoms with E-state index in [1.807, 2.05) is 34.7 Å². The highest BCUT2D eigenvalue weighted by Gasteiger charge is 2.18. The summed E-state index contributed by atoms with van der Waals surface area (Å²) in [7, 11) is 2.91. The maximum Gasteiger partial charge on any atom is 0.120 e. The van der Waals surface area contributed by atoms with Gasteiger partial charge in [-0.3, -0.25) is 0 Å². The van der Waals surface area contributed by atoms with Crippen molar-refractivity contribution in [2.24, 2.45) is 11.8 Å². The summed E-state index contributed by atoms with van der Waals surface area (Å²) < 4.78 is 6.04. The number of rotatable bonds is 11. The topological polar surface area (TPSA) is 53.5 Å². The Kier molecular flexibility index (Phi) is 18.7. The van der Waals surface area contributed by atoms with Crippen LogP contribution in [0.3, 0.4) is 0 Å². The number of hydrogen-bond donors (Lipinski definition) is 3. The van der Waals surface area contributed by atoms with E-state index in [1.165, 1.54) is 20.9 Å². The molecule has 2 aromatic rings. The van der Waals surface area contributed by atoms with Crippen LogP contribution in [0.25, 0.3) is 5.70 Å². The minimum absolute atomic E-state index is 0.364. The number of hydrogen-bond acceptors (Lipinski definition) is 5. The SMILES string of the molecule is C=C(NC)c1cccc(CC(C)C(=C)Sc2cc(OCC3CNC3)ccc2CC)c1.CC.CC.CO. The fraction of sp³-hybridized carbons (Fsp3) is 0.484. The molecule has 1 aliphatic rings. The normalized spacial score (nSPS) is 12.7. The summed E-state index contributed by atoms with van der Waals surface area (Å²) in [6, 6.07) is 15.1. The Labute approximate surface area is 225 Å². The van der Waals surface area contributed by atoms with E-state index >= 15 is 0 Å². The third-order valence-corrected chi connectivity index (χ3v) is 6.95. The lowest BCUT2D eigenvalue weighted by Gasteiger charge is -2.27. The molecular weight excluding hydrogens is 464 g/mol. The van der Waals surface area contributed by atoms with Crippen molar-refractivity contribution in [3.63, 3.8) is 0 Å². The van der Waals surface area contributed by atoms with Gasteiger partial charge in [-0.1, -0.05) is 90.7 Å². The average Bonchev–Trinajstić information content (AvgIpc) is 2.91. The van der Waals surface area contributed by atoms with Crippen LogP contribution < -0.4 is 15.4 Å². The maximum atomic E-state index is 7.00. The minimum Gasteiger partial charge on any atom is -0.493 e. The zero-order valence-corrected chi connectivity index (χ0v) is 24.7. The number of aliphatic hydroxyl groups is 1. The van der Waals surface area contributed by atoms with Crippen molar-refractivity contribution in [1.29, 1.82) is 0 Å². The molecule has 202 valence electrons. The van der Waals surface area contributed by atoms with Gasteiger partial charge in [0.2, 0.25) is 0 Å². The molecule has 0 spiro atoms. The molecule has 3 rings (SSSR count). The average molecular weight is 515 g/mol. The van der Waals surface area contributed by atoms with Gasteiger partial charge in [0.1, 0.15) is 5.75 Å². The molecule has 2 aromatic carbocycles. The monoisotopic (exact) mass is 514 g/mol. The highest BCUT2D eigenvalue weighted by molar-refractivity contribution is 8.03. The molecule has 0 saturated carbocycles. The highest BCUT2D eigenvalue weighted by Crippen LogP contribution is 2.36. The van der Waals surface area contributed by atoms with Crippen molar-refractivity contribution >= 4 is 17.5 Å². The van der Waals surface area contributed by atoms with E-state index in [1.54, 1.807) is 11.8 Å². The lowest BCUT2D eigenvalue weighted by atomic mass is 9.99. The predicted octanol–water partition coefficient (Wildman–Crippen LogP) is 7.18. The van der Waals surface area contributed by atoms with Crippen LogP contribution in [0.15, 0.2) is 65.4 Å². The number of allylic oxidation sites excluding steroid dienone is 1. The first-order chi connectivity index (χ1) is 17.5. The zero-order valence-electron chi connectivity index (χ0n) is 23.9. The van der Waals surface area contributed by atoms with Crippen molar-refractivity contribution < 1.29 is 9.84 Å². The summed E-state index contributed by atoms with van der Waals surface area (Å²) in [6.45, 7) is 23.8. The fourth-order valence-electron chi connectivity index (χ4n) is 3.43. The van der Waals surface area contributed by atoms with Crippen LogP contribution in [0, 0.1) is 11.8 Å². The number of benzene rings is 2. The van der Waals surface area contributed by atoms with Crippen LogP contribution in [0.1, 0.15) is 58.2 Å². The van der Waals surface area contributed by atoms with Gasteiger partial charge in [0.25, 0.3) is 0 Å². The van der Waals surface area contributed by atoms with E-state index in [2.05, 4.69) is 80.1 Å². The Morgan fingerprint density at radius 3 is 2.33 bits per heavy atom. The van der Waals surface area contributed by atoms with Crippen LogP contribution in [0.4, 0.5) is 0 Å². The number of aryl methyl sites for hydroxylation is 1. The van der Waals surface area contributed by atoms with Gasteiger partial charge in [0, 0.05) is 43.8 Å². The van der Waals surface area contributed by atoms with Gasteiger partial charge >= 0.3 is 0 Å². The van der Waals surface area contributed by atoms with E-state index < -0.39 is 0 Å². The molecule has 1 aliphatic heterocycles. The van der Waals surface area contributed by atoms with Gasteiger partial charge in [0.05, 0.1) is 6.61 Å². The number of thioether (sulfide) groups is 1. The molecule has 1 saturated heterocycles. The lowest BCUT2D eigenvalue weighted by molar-refractivity contribution is 0.199. The predicted molar refractivity (Wildman–Crippen MR) is 161 cm³/mol. The summed E-state index contributed by atoms with van der Waals surface area (Å²) in [5, 5.41) is 13.4. The Hall–Kier alpha value is -2.21. The molecule has 1 heterocycles. The summed E-state index contributed by atoms with van der Waals surface area (Å²) in [6.07, 6.45) is 1.97. The van der Waals surface area contributed by atoms with Crippen LogP contribution in [0.5, 0.6) is 5.75 Å². The number of nitrogens with one attached hydrogen (secondary N) is 2.